The number of aromatic nitrogens is 1. The summed E-state index contributed by atoms with van der Waals surface area (Å²) in [5.41, 5.74) is 4.81. The molecule has 5 rings (SSSR count). The summed E-state index contributed by atoms with van der Waals surface area (Å²) in [6.45, 7) is 2.30. The second-order valence-corrected chi connectivity index (χ2v) is 10.5. The fourth-order valence-electron chi connectivity index (χ4n) is 4.34. The molecule has 0 radical (unpaired) electrons. The van der Waals surface area contributed by atoms with E-state index in [1.165, 1.54) is 0 Å². The molecule has 0 amide bonds. The van der Waals surface area contributed by atoms with Crippen molar-refractivity contribution < 1.29 is 8.42 Å². The van der Waals surface area contributed by atoms with Crippen LogP contribution in [0.4, 0.5) is 0 Å². The molecular formula is C24H20Cl2N2O2S. The maximum Gasteiger partial charge on any atom is 0.243 e. The molecule has 7 heteroatoms. The number of rotatable bonds is 3. The summed E-state index contributed by atoms with van der Waals surface area (Å²) in [7, 11) is -3.74. The number of hydrogen-bond acceptors (Lipinski definition) is 2. The molecule has 1 aliphatic heterocycles. The van der Waals surface area contributed by atoms with E-state index in [4.69, 9.17) is 23.2 Å². The second kappa shape index (κ2) is 7.68. The van der Waals surface area contributed by atoms with Gasteiger partial charge >= 0.3 is 0 Å². The first-order chi connectivity index (χ1) is 14.9. The van der Waals surface area contributed by atoms with Crippen LogP contribution in [-0.2, 0) is 16.4 Å². The third-order valence-corrected chi connectivity index (χ3v) is 8.48. The van der Waals surface area contributed by atoms with Crippen LogP contribution >= 0.6 is 23.2 Å². The predicted octanol–water partition coefficient (Wildman–Crippen LogP) is 6.12. The molecule has 0 aliphatic carbocycles. The molecule has 158 valence electrons. The van der Waals surface area contributed by atoms with Crippen molar-refractivity contribution in [3.63, 3.8) is 0 Å². The van der Waals surface area contributed by atoms with Crippen LogP contribution in [0, 0.1) is 6.92 Å². The summed E-state index contributed by atoms with van der Waals surface area (Å²) >= 11 is 12.5. The monoisotopic (exact) mass is 470 g/mol. The minimum Gasteiger partial charge on any atom is -0.358 e. The average molecular weight is 471 g/mol. The van der Waals surface area contributed by atoms with E-state index in [9.17, 15) is 8.42 Å². The summed E-state index contributed by atoms with van der Waals surface area (Å²) in [5, 5.41) is 1.85. The van der Waals surface area contributed by atoms with Crippen molar-refractivity contribution in [3.05, 3.63) is 99.2 Å². The van der Waals surface area contributed by atoms with E-state index < -0.39 is 16.1 Å². The number of aromatic amines is 1. The van der Waals surface area contributed by atoms with Gasteiger partial charge in [0.15, 0.2) is 0 Å². The molecule has 0 spiro atoms. The first kappa shape index (κ1) is 20.6. The van der Waals surface area contributed by atoms with E-state index in [0.717, 1.165) is 33.3 Å². The fourth-order valence-corrected chi connectivity index (χ4v) is 6.24. The Morgan fingerprint density at radius 1 is 0.968 bits per heavy atom. The number of fused-ring (bicyclic) bond motifs is 3. The van der Waals surface area contributed by atoms with Gasteiger partial charge in [0.25, 0.3) is 0 Å². The van der Waals surface area contributed by atoms with E-state index in [-0.39, 0.29) is 4.90 Å². The van der Waals surface area contributed by atoms with Gasteiger partial charge in [0, 0.05) is 35.1 Å². The van der Waals surface area contributed by atoms with Gasteiger partial charge in [-0.2, -0.15) is 4.31 Å². The Balaban J connectivity index is 1.74. The number of para-hydroxylation sites is 1. The standard InChI is InChI=1S/C24H20Cl2N2O2S/c1-15-6-9-17(10-7-15)31(29,30)28-13-12-22-23(18-4-2-3-5-21(18)27-22)24(28)16-8-11-19(25)20(26)14-16/h2-11,14,24,27H,12-13H2,1H3. The number of halogens is 2. The number of nitrogens with zero attached hydrogens (tertiary/aromatic N) is 1. The number of H-pyrrole nitrogens is 1. The topological polar surface area (TPSA) is 53.2 Å². The minimum absolute atomic E-state index is 0.284. The molecule has 1 aromatic heterocycles. The van der Waals surface area contributed by atoms with Crippen molar-refractivity contribution >= 4 is 44.1 Å². The van der Waals surface area contributed by atoms with Crippen molar-refractivity contribution in [1.82, 2.24) is 9.29 Å². The molecule has 1 atom stereocenters. The maximum atomic E-state index is 13.8. The van der Waals surface area contributed by atoms with Crippen LogP contribution in [0.1, 0.15) is 28.4 Å². The smallest absolute Gasteiger partial charge is 0.243 e. The van der Waals surface area contributed by atoms with Gasteiger partial charge in [0.1, 0.15) is 0 Å². The summed E-state index contributed by atoms with van der Waals surface area (Å²) in [6.07, 6.45) is 0.604. The molecule has 0 saturated heterocycles. The normalized spacial score (nSPS) is 17.1. The first-order valence-electron chi connectivity index (χ1n) is 9.99. The van der Waals surface area contributed by atoms with Crippen molar-refractivity contribution in [2.24, 2.45) is 0 Å². The van der Waals surface area contributed by atoms with E-state index in [0.29, 0.717) is 23.0 Å². The van der Waals surface area contributed by atoms with E-state index in [1.54, 1.807) is 28.6 Å². The highest BCUT2D eigenvalue weighted by molar-refractivity contribution is 7.89. The molecule has 1 N–H and O–H groups in total. The van der Waals surface area contributed by atoms with Crippen molar-refractivity contribution in [2.45, 2.75) is 24.3 Å². The minimum atomic E-state index is -3.74. The number of hydrogen-bond donors (Lipinski definition) is 1. The van der Waals surface area contributed by atoms with Gasteiger partial charge in [0.05, 0.1) is 21.0 Å². The Morgan fingerprint density at radius 3 is 2.45 bits per heavy atom. The number of nitrogens with one attached hydrogen (secondary N) is 1. The molecular weight excluding hydrogens is 451 g/mol. The highest BCUT2D eigenvalue weighted by Gasteiger charge is 2.39. The van der Waals surface area contributed by atoms with Crippen molar-refractivity contribution in [1.29, 1.82) is 0 Å². The average Bonchev–Trinajstić information content (AvgIpc) is 3.14. The third kappa shape index (κ3) is 3.46. The van der Waals surface area contributed by atoms with Gasteiger partial charge in [-0.25, -0.2) is 8.42 Å². The van der Waals surface area contributed by atoms with Crippen LogP contribution in [0.5, 0.6) is 0 Å². The lowest BCUT2D eigenvalue weighted by Gasteiger charge is -2.35. The Labute approximate surface area is 191 Å². The van der Waals surface area contributed by atoms with Crippen LogP contribution < -0.4 is 0 Å². The van der Waals surface area contributed by atoms with Gasteiger partial charge in [0.2, 0.25) is 10.0 Å². The number of benzene rings is 3. The highest BCUT2D eigenvalue weighted by Crippen LogP contribution is 2.43. The zero-order valence-corrected chi connectivity index (χ0v) is 19.1. The summed E-state index contributed by atoms with van der Waals surface area (Å²) < 4.78 is 29.1. The highest BCUT2D eigenvalue weighted by atomic mass is 35.5. The summed E-state index contributed by atoms with van der Waals surface area (Å²) in [4.78, 5) is 3.76. The van der Waals surface area contributed by atoms with E-state index in [2.05, 4.69) is 4.98 Å². The quantitative estimate of drug-likeness (QED) is 0.392. The third-order valence-electron chi connectivity index (χ3n) is 5.86. The predicted molar refractivity (Wildman–Crippen MR) is 125 cm³/mol. The molecule has 2 heterocycles. The molecule has 0 saturated carbocycles. The largest absolute Gasteiger partial charge is 0.358 e. The van der Waals surface area contributed by atoms with Crippen molar-refractivity contribution in [2.75, 3.05) is 6.54 Å². The SMILES string of the molecule is Cc1ccc(S(=O)(=O)N2CCc3[nH]c4ccccc4c3C2c2ccc(Cl)c(Cl)c2)cc1. The summed E-state index contributed by atoms with van der Waals surface area (Å²) in [5.74, 6) is 0. The zero-order chi connectivity index (χ0) is 21.8. The molecule has 0 bridgehead atoms. The van der Waals surface area contributed by atoms with Crippen LogP contribution in [0.2, 0.25) is 10.0 Å². The van der Waals surface area contributed by atoms with E-state index in [1.807, 2.05) is 49.4 Å². The van der Waals surface area contributed by atoms with Crippen LogP contribution in [-0.4, -0.2) is 24.3 Å². The molecule has 4 nitrogen and oxygen atoms in total. The Kier molecular flexibility index (Phi) is 5.10. The zero-order valence-electron chi connectivity index (χ0n) is 16.8. The van der Waals surface area contributed by atoms with Gasteiger partial charge in [-0.05, 0) is 42.8 Å². The Hall–Kier alpha value is -2.31. The fraction of sp³-hybridized carbons (Fsp3) is 0.167. The van der Waals surface area contributed by atoms with Crippen molar-refractivity contribution in [3.8, 4) is 0 Å². The molecule has 0 fully saturated rings. The van der Waals surface area contributed by atoms with Gasteiger partial charge < -0.3 is 4.98 Å². The first-order valence-corrected chi connectivity index (χ1v) is 12.2. The lowest BCUT2D eigenvalue weighted by Crippen LogP contribution is -2.40. The van der Waals surface area contributed by atoms with Gasteiger partial charge in [-0.3, -0.25) is 0 Å². The van der Waals surface area contributed by atoms with Crippen LogP contribution in [0.3, 0.4) is 0 Å². The second-order valence-electron chi connectivity index (χ2n) is 7.82. The molecule has 1 unspecified atom stereocenters. The molecule has 31 heavy (non-hydrogen) atoms. The lowest BCUT2D eigenvalue weighted by molar-refractivity contribution is 0.344. The Morgan fingerprint density at radius 2 is 1.71 bits per heavy atom. The Bertz CT molecular complexity index is 1400. The summed E-state index contributed by atoms with van der Waals surface area (Å²) in [6, 6.07) is 19.8. The maximum absolute atomic E-state index is 13.8. The van der Waals surface area contributed by atoms with Gasteiger partial charge in [-0.15, -0.1) is 0 Å². The molecule has 1 aliphatic rings. The number of aryl methyl sites for hydroxylation is 1. The number of sulfonamides is 1. The van der Waals surface area contributed by atoms with Crippen LogP contribution in [0.25, 0.3) is 10.9 Å². The van der Waals surface area contributed by atoms with Crippen LogP contribution in [0.15, 0.2) is 71.6 Å². The van der Waals surface area contributed by atoms with Gasteiger partial charge in [-0.1, -0.05) is 65.2 Å². The molecule has 3 aromatic carbocycles. The van der Waals surface area contributed by atoms with E-state index >= 15 is 0 Å². The lowest BCUT2D eigenvalue weighted by atomic mass is 9.92. The molecule has 4 aromatic rings.